The van der Waals surface area contributed by atoms with E-state index in [1.54, 1.807) is 6.26 Å². The molecule has 0 aliphatic rings. The van der Waals surface area contributed by atoms with Crippen molar-refractivity contribution in [1.29, 1.82) is 0 Å². The van der Waals surface area contributed by atoms with Gasteiger partial charge in [0.15, 0.2) is 0 Å². The number of aryl methyl sites for hydroxylation is 1. The largest absolute Gasteiger partial charge is 0.338 e. The van der Waals surface area contributed by atoms with Crippen molar-refractivity contribution < 1.29 is 9.00 Å². The first kappa shape index (κ1) is 16.5. The van der Waals surface area contributed by atoms with E-state index in [2.05, 4.69) is 15.6 Å². The third-order valence-corrected chi connectivity index (χ3v) is 4.95. The molecule has 0 aliphatic carbocycles. The third-order valence-electron chi connectivity index (χ3n) is 3.58. The maximum Gasteiger partial charge on any atom is 0.315 e. The Morgan fingerprint density at radius 1 is 1.41 bits per heavy atom. The highest BCUT2D eigenvalue weighted by atomic mass is 32.2. The molecule has 2 amide bonds. The second-order valence-corrected chi connectivity index (χ2v) is 7.14. The van der Waals surface area contributed by atoms with Crippen molar-refractivity contribution in [2.75, 3.05) is 12.8 Å². The minimum atomic E-state index is -0.854. The zero-order valence-corrected chi connectivity index (χ0v) is 13.9. The van der Waals surface area contributed by atoms with Crippen molar-refractivity contribution in [2.45, 2.75) is 32.1 Å². The molecular weight excluding hydrogens is 300 g/mol. The van der Waals surface area contributed by atoms with Crippen molar-refractivity contribution in [3.63, 3.8) is 0 Å². The van der Waals surface area contributed by atoms with Gasteiger partial charge in [-0.1, -0.05) is 13.0 Å². The maximum atomic E-state index is 11.7. The number of rotatable bonds is 6. The number of pyridine rings is 1. The smallest absolute Gasteiger partial charge is 0.315 e. The highest BCUT2D eigenvalue weighted by Gasteiger charge is 2.08. The fraction of sp³-hybridized carbons (Fsp3) is 0.467. The number of imidazole rings is 1. The number of nitrogens with zero attached hydrogens (tertiary/aromatic N) is 2. The summed E-state index contributed by atoms with van der Waals surface area (Å²) >= 11 is 0. The minimum absolute atomic E-state index is 0.0849. The summed E-state index contributed by atoms with van der Waals surface area (Å²) in [5.74, 6) is 0. The van der Waals surface area contributed by atoms with Gasteiger partial charge in [0.2, 0.25) is 0 Å². The van der Waals surface area contributed by atoms with Crippen LogP contribution < -0.4 is 10.6 Å². The molecule has 2 rings (SSSR count). The molecule has 0 saturated heterocycles. The fourth-order valence-corrected chi connectivity index (χ4v) is 2.52. The molecule has 0 saturated carbocycles. The molecule has 2 N–H and O–H groups in total. The summed E-state index contributed by atoms with van der Waals surface area (Å²) in [6.45, 7) is 4.81. The zero-order chi connectivity index (χ0) is 16.1. The van der Waals surface area contributed by atoms with Crippen LogP contribution in [0.5, 0.6) is 0 Å². The van der Waals surface area contributed by atoms with Crippen molar-refractivity contribution in [3.05, 3.63) is 35.8 Å². The van der Waals surface area contributed by atoms with Gasteiger partial charge in [-0.25, -0.2) is 9.78 Å². The van der Waals surface area contributed by atoms with Crippen LogP contribution in [-0.4, -0.2) is 37.7 Å². The van der Waals surface area contributed by atoms with Gasteiger partial charge in [0.1, 0.15) is 5.65 Å². The lowest BCUT2D eigenvalue weighted by atomic mass is 10.3. The van der Waals surface area contributed by atoms with Gasteiger partial charge in [-0.15, -0.1) is 0 Å². The molecule has 2 heterocycles. The summed E-state index contributed by atoms with van der Waals surface area (Å²) in [7, 11) is -0.854. The van der Waals surface area contributed by atoms with Crippen LogP contribution in [0.4, 0.5) is 4.79 Å². The Balaban J connectivity index is 1.80. The van der Waals surface area contributed by atoms with Crippen molar-refractivity contribution >= 4 is 22.5 Å². The van der Waals surface area contributed by atoms with E-state index in [-0.39, 0.29) is 11.3 Å². The van der Waals surface area contributed by atoms with E-state index in [1.807, 2.05) is 42.6 Å². The number of nitrogens with one attached hydrogen (secondary N) is 2. The van der Waals surface area contributed by atoms with Gasteiger partial charge in [0, 0.05) is 40.7 Å². The molecule has 22 heavy (non-hydrogen) atoms. The molecule has 6 nitrogen and oxygen atoms in total. The number of hydrogen-bond acceptors (Lipinski definition) is 3. The summed E-state index contributed by atoms with van der Waals surface area (Å²) in [4.78, 5) is 16.2. The molecule has 0 aromatic carbocycles. The Morgan fingerprint density at radius 2 is 2.18 bits per heavy atom. The van der Waals surface area contributed by atoms with E-state index >= 15 is 0 Å². The predicted molar refractivity (Wildman–Crippen MR) is 88.3 cm³/mol. The van der Waals surface area contributed by atoms with Crippen LogP contribution in [0, 0.1) is 6.92 Å². The quantitative estimate of drug-likeness (QED) is 0.848. The van der Waals surface area contributed by atoms with Crippen LogP contribution in [0.15, 0.2) is 24.4 Å². The van der Waals surface area contributed by atoms with Gasteiger partial charge in [-0.05, 0) is 25.5 Å². The monoisotopic (exact) mass is 322 g/mol. The Hall–Kier alpha value is -1.89. The molecule has 2 unspecified atom stereocenters. The lowest BCUT2D eigenvalue weighted by Gasteiger charge is -2.09. The molecule has 2 atom stereocenters. The van der Waals surface area contributed by atoms with Crippen LogP contribution in [0.2, 0.25) is 0 Å². The van der Waals surface area contributed by atoms with E-state index in [0.717, 1.165) is 17.0 Å². The van der Waals surface area contributed by atoms with E-state index < -0.39 is 10.8 Å². The normalized spacial score (nSPS) is 13.8. The van der Waals surface area contributed by atoms with Gasteiger partial charge >= 0.3 is 6.03 Å². The number of amides is 2. The van der Waals surface area contributed by atoms with Crippen molar-refractivity contribution in [3.8, 4) is 0 Å². The molecule has 0 spiro atoms. The Kier molecular flexibility index (Phi) is 5.54. The summed E-state index contributed by atoms with van der Waals surface area (Å²) < 4.78 is 13.2. The molecule has 0 radical (unpaired) electrons. The molecule has 2 aromatic heterocycles. The highest BCUT2D eigenvalue weighted by Crippen LogP contribution is 2.08. The van der Waals surface area contributed by atoms with E-state index in [1.165, 1.54) is 0 Å². The molecule has 0 bridgehead atoms. The summed E-state index contributed by atoms with van der Waals surface area (Å²) in [5.41, 5.74) is 2.78. The number of urea groups is 1. The maximum absolute atomic E-state index is 11.7. The van der Waals surface area contributed by atoms with Gasteiger partial charge in [0.25, 0.3) is 0 Å². The van der Waals surface area contributed by atoms with Crippen LogP contribution in [0.25, 0.3) is 5.65 Å². The van der Waals surface area contributed by atoms with E-state index in [9.17, 15) is 9.00 Å². The number of carbonyl (C=O) groups is 1. The lowest BCUT2D eigenvalue weighted by molar-refractivity contribution is 0.240. The van der Waals surface area contributed by atoms with Gasteiger partial charge in [-0.2, -0.15) is 0 Å². The zero-order valence-electron chi connectivity index (χ0n) is 13.1. The second kappa shape index (κ2) is 7.40. The van der Waals surface area contributed by atoms with Gasteiger partial charge in [0.05, 0.1) is 12.2 Å². The SMILES string of the molecule is Cc1cccc2nc(CNC(=O)NCCC(C)S(C)=O)cn12. The minimum Gasteiger partial charge on any atom is -0.338 e. The average molecular weight is 322 g/mol. The number of fused-ring (bicyclic) bond motifs is 1. The summed E-state index contributed by atoms with van der Waals surface area (Å²) in [5, 5.41) is 5.63. The van der Waals surface area contributed by atoms with Gasteiger partial charge < -0.3 is 15.0 Å². The summed E-state index contributed by atoms with van der Waals surface area (Å²) in [6, 6.07) is 5.67. The Labute approximate surface area is 132 Å². The number of hydrogen-bond donors (Lipinski definition) is 2. The molecule has 120 valence electrons. The third kappa shape index (κ3) is 4.30. The van der Waals surface area contributed by atoms with Crippen LogP contribution in [0.1, 0.15) is 24.7 Å². The molecule has 7 heteroatoms. The number of carbonyl (C=O) groups excluding carboxylic acids is 1. The first-order valence-electron chi connectivity index (χ1n) is 7.25. The molecule has 2 aromatic rings. The molecule has 0 fully saturated rings. The molecule has 0 aliphatic heterocycles. The van der Waals surface area contributed by atoms with E-state index in [0.29, 0.717) is 19.5 Å². The standard InChI is InChI=1S/C15H22N4O2S/c1-11-5-4-6-14-18-13(10-19(11)14)9-17-15(20)16-8-7-12(2)22(3)21/h4-6,10,12H,7-9H2,1-3H3,(H2,16,17,20). The molecular formula is C15H22N4O2S. The highest BCUT2D eigenvalue weighted by molar-refractivity contribution is 7.84. The Morgan fingerprint density at radius 3 is 2.86 bits per heavy atom. The van der Waals surface area contributed by atoms with Crippen LogP contribution in [0.3, 0.4) is 0 Å². The Bertz CT molecular complexity index is 683. The average Bonchev–Trinajstić information content (AvgIpc) is 2.89. The van der Waals surface area contributed by atoms with Crippen molar-refractivity contribution in [1.82, 2.24) is 20.0 Å². The topological polar surface area (TPSA) is 75.5 Å². The van der Waals surface area contributed by atoms with Crippen LogP contribution >= 0.6 is 0 Å². The van der Waals surface area contributed by atoms with Crippen molar-refractivity contribution in [2.24, 2.45) is 0 Å². The predicted octanol–water partition coefficient (Wildman–Crippen LogP) is 1.60. The fourth-order valence-electron chi connectivity index (χ4n) is 2.07. The summed E-state index contributed by atoms with van der Waals surface area (Å²) in [6.07, 6.45) is 4.30. The first-order chi connectivity index (χ1) is 10.5. The lowest BCUT2D eigenvalue weighted by Crippen LogP contribution is -2.36. The number of aromatic nitrogens is 2. The van der Waals surface area contributed by atoms with Gasteiger partial charge in [-0.3, -0.25) is 4.21 Å². The van der Waals surface area contributed by atoms with Crippen LogP contribution in [-0.2, 0) is 17.3 Å². The second-order valence-electron chi connectivity index (χ2n) is 5.33. The van der Waals surface area contributed by atoms with E-state index in [4.69, 9.17) is 0 Å². The first-order valence-corrected chi connectivity index (χ1v) is 8.87.